The molecule has 0 aliphatic carbocycles. The summed E-state index contributed by atoms with van der Waals surface area (Å²) >= 11 is 0. The fraction of sp³-hybridized carbons (Fsp3) is 0.538. The Morgan fingerprint density at radius 3 is 2.47 bits per heavy atom. The Kier molecular flexibility index (Phi) is 6.74. The number of hydrogen-bond acceptors (Lipinski definition) is 3. The highest BCUT2D eigenvalue weighted by molar-refractivity contribution is 6.59. The zero-order valence-corrected chi connectivity index (χ0v) is 10.4. The number of rotatable bonds is 8. The first kappa shape index (κ1) is 14.1. The summed E-state index contributed by atoms with van der Waals surface area (Å²) in [6, 6.07) is 7.03. The molecule has 0 heterocycles. The van der Waals surface area contributed by atoms with Gasteiger partial charge in [0, 0.05) is 5.46 Å². The van der Waals surface area contributed by atoms with E-state index >= 15 is 0 Å². The van der Waals surface area contributed by atoms with E-state index in [1.165, 1.54) is 19.3 Å². The molecule has 0 aromatic heterocycles. The average molecular weight is 236 g/mol. The Morgan fingerprint density at radius 2 is 1.76 bits per heavy atom. The summed E-state index contributed by atoms with van der Waals surface area (Å²) < 4.78 is 5.56. The fourth-order valence-corrected chi connectivity index (χ4v) is 1.71. The van der Waals surface area contributed by atoms with Crippen molar-refractivity contribution in [2.75, 3.05) is 6.61 Å². The molecule has 0 bridgehead atoms. The van der Waals surface area contributed by atoms with Gasteiger partial charge in [-0.15, -0.1) is 0 Å². The van der Waals surface area contributed by atoms with Crippen LogP contribution in [-0.4, -0.2) is 23.8 Å². The maximum atomic E-state index is 9.15. The van der Waals surface area contributed by atoms with Gasteiger partial charge in [-0.1, -0.05) is 50.8 Å². The van der Waals surface area contributed by atoms with E-state index in [-0.39, 0.29) is 0 Å². The SMILES string of the molecule is CCCCCCCOc1ccccc1B(O)O. The van der Waals surface area contributed by atoms with Crippen LogP contribution in [0, 0.1) is 0 Å². The van der Waals surface area contributed by atoms with Gasteiger partial charge < -0.3 is 14.8 Å². The zero-order valence-electron chi connectivity index (χ0n) is 10.4. The molecule has 94 valence electrons. The first-order valence-electron chi connectivity index (χ1n) is 6.33. The van der Waals surface area contributed by atoms with Crippen LogP contribution in [0.15, 0.2) is 24.3 Å². The molecule has 2 N–H and O–H groups in total. The predicted molar refractivity (Wildman–Crippen MR) is 70.5 cm³/mol. The second-order valence-corrected chi connectivity index (χ2v) is 4.17. The molecule has 1 aromatic rings. The molecule has 1 rings (SSSR count). The van der Waals surface area contributed by atoms with Crippen molar-refractivity contribution in [3.8, 4) is 5.75 Å². The van der Waals surface area contributed by atoms with Crippen molar-refractivity contribution >= 4 is 12.6 Å². The summed E-state index contributed by atoms with van der Waals surface area (Å²) in [5.74, 6) is 0.568. The minimum absolute atomic E-state index is 0.432. The van der Waals surface area contributed by atoms with Crippen molar-refractivity contribution in [1.82, 2.24) is 0 Å². The molecule has 0 fully saturated rings. The summed E-state index contributed by atoms with van der Waals surface area (Å²) in [6.07, 6.45) is 5.92. The second kappa shape index (κ2) is 8.15. The number of benzene rings is 1. The third kappa shape index (κ3) is 5.24. The molecule has 17 heavy (non-hydrogen) atoms. The maximum Gasteiger partial charge on any atom is 0.492 e. The lowest BCUT2D eigenvalue weighted by atomic mass is 9.79. The van der Waals surface area contributed by atoms with Crippen LogP contribution < -0.4 is 10.2 Å². The van der Waals surface area contributed by atoms with Crippen LogP contribution in [0.4, 0.5) is 0 Å². The highest BCUT2D eigenvalue weighted by Gasteiger charge is 2.15. The van der Waals surface area contributed by atoms with Gasteiger partial charge in [-0.25, -0.2) is 0 Å². The molecule has 0 aliphatic rings. The van der Waals surface area contributed by atoms with Gasteiger partial charge in [0.05, 0.1) is 6.61 Å². The van der Waals surface area contributed by atoms with Crippen LogP contribution in [0.5, 0.6) is 5.75 Å². The van der Waals surface area contributed by atoms with E-state index in [4.69, 9.17) is 14.8 Å². The molecule has 0 amide bonds. The van der Waals surface area contributed by atoms with Crippen LogP contribution in [0.1, 0.15) is 39.0 Å². The first-order valence-corrected chi connectivity index (χ1v) is 6.33. The topological polar surface area (TPSA) is 49.7 Å². The van der Waals surface area contributed by atoms with E-state index in [2.05, 4.69) is 6.92 Å². The molecule has 1 aromatic carbocycles. The summed E-state index contributed by atoms with van der Waals surface area (Å²) in [4.78, 5) is 0. The largest absolute Gasteiger partial charge is 0.494 e. The van der Waals surface area contributed by atoms with Crippen molar-refractivity contribution < 1.29 is 14.8 Å². The van der Waals surface area contributed by atoms with Gasteiger partial charge in [0.1, 0.15) is 5.75 Å². The van der Waals surface area contributed by atoms with E-state index in [0.717, 1.165) is 12.8 Å². The summed E-state index contributed by atoms with van der Waals surface area (Å²) in [5.41, 5.74) is 0.432. The zero-order chi connectivity index (χ0) is 12.5. The summed E-state index contributed by atoms with van der Waals surface area (Å²) in [5, 5.41) is 18.3. The quantitative estimate of drug-likeness (QED) is 0.533. The molecule has 0 unspecified atom stereocenters. The lowest BCUT2D eigenvalue weighted by Crippen LogP contribution is -2.31. The molecule has 0 aliphatic heterocycles. The van der Waals surface area contributed by atoms with Gasteiger partial charge in [0.25, 0.3) is 0 Å². The highest BCUT2D eigenvalue weighted by Crippen LogP contribution is 2.09. The van der Waals surface area contributed by atoms with Crippen LogP contribution in [0.3, 0.4) is 0 Å². The minimum atomic E-state index is -1.47. The fourth-order valence-electron chi connectivity index (χ4n) is 1.71. The second-order valence-electron chi connectivity index (χ2n) is 4.17. The molecule has 0 saturated heterocycles. The molecule has 0 radical (unpaired) electrons. The number of unbranched alkanes of at least 4 members (excludes halogenated alkanes) is 4. The molecule has 4 heteroatoms. The van der Waals surface area contributed by atoms with Crippen LogP contribution >= 0.6 is 0 Å². The van der Waals surface area contributed by atoms with E-state index in [1.54, 1.807) is 18.2 Å². The van der Waals surface area contributed by atoms with E-state index in [1.807, 2.05) is 6.07 Å². The number of ether oxygens (including phenoxy) is 1. The Morgan fingerprint density at radius 1 is 1.06 bits per heavy atom. The Hall–Kier alpha value is -0.995. The Bertz CT molecular complexity index is 315. The third-order valence-electron chi connectivity index (χ3n) is 2.70. The molecule has 0 atom stereocenters. The minimum Gasteiger partial charge on any atom is -0.494 e. The van der Waals surface area contributed by atoms with Crippen molar-refractivity contribution in [2.45, 2.75) is 39.0 Å². The lowest BCUT2D eigenvalue weighted by Gasteiger charge is -2.10. The first-order chi connectivity index (χ1) is 8.25. The van der Waals surface area contributed by atoms with Gasteiger partial charge in [-0.05, 0) is 12.5 Å². The molecule has 3 nitrogen and oxygen atoms in total. The van der Waals surface area contributed by atoms with Crippen molar-refractivity contribution in [2.24, 2.45) is 0 Å². The van der Waals surface area contributed by atoms with Gasteiger partial charge in [0.15, 0.2) is 0 Å². The summed E-state index contributed by atoms with van der Waals surface area (Å²) in [7, 11) is -1.47. The highest BCUT2D eigenvalue weighted by atomic mass is 16.5. The third-order valence-corrected chi connectivity index (χ3v) is 2.70. The molecular weight excluding hydrogens is 215 g/mol. The van der Waals surface area contributed by atoms with E-state index < -0.39 is 7.12 Å². The van der Waals surface area contributed by atoms with E-state index in [9.17, 15) is 0 Å². The Labute approximate surface area is 104 Å². The van der Waals surface area contributed by atoms with Crippen LogP contribution in [-0.2, 0) is 0 Å². The number of hydrogen-bond donors (Lipinski definition) is 2. The molecule has 0 spiro atoms. The van der Waals surface area contributed by atoms with Gasteiger partial charge in [-0.2, -0.15) is 0 Å². The van der Waals surface area contributed by atoms with Gasteiger partial charge >= 0.3 is 7.12 Å². The molecule has 0 saturated carbocycles. The van der Waals surface area contributed by atoms with Crippen molar-refractivity contribution in [3.63, 3.8) is 0 Å². The number of para-hydroxylation sites is 1. The average Bonchev–Trinajstić information content (AvgIpc) is 2.34. The lowest BCUT2D eigenvalue weighted by molar-refractivity contribution is 0.305. The van der Waals surface area contributed by atoms with Gasteiger partial charge in [-0.3, -0.25) is 0 Å². The van der Waals surface area contributed by atoms with Crippen LogP contribution in [0.2, 0.25) is 0 Å². The standard InChI is InChI=1S/C13H21BO3/c1-2-3-4-5-8-11-17-13-10-7-6-9-12(13)14(15)16/h6-7,9-10,15-16H,2-5,8,11H2,1H3. The monoisotopic (exact) mass is 236 g/mol. The maximum absolute atomic E-state index is 9.15. The normalized spacial score (nSPS) is 10.3. The molecular formula is C13H21BO3. The predicted octanol–water partition coefficient (Wildman–Crippen LogP) is 1.72. The van der Waals surface area contributed by atoms with Gasteiger partial charge in [0.2, 0.25) is 0 Å². The van der Waals surface area contributed by atoms with Crippen molar-refractivity contribution in [1.29, 1.82) is 0 Å². The smallest absolute Gasteiger partial charge is 0.492 e. The summed E-state index contributed by atoms with van der Waals surface area (Å²) in [6.45, 7) is 2.82. The Balaban J connectivity index is 2.31. The van der Waals surface area contributed by atoms with Crippen LogP contribution in [0.25, 0.3) is 0 Å². The van der Waals surface area contributed by atoms with Crippen molar-refractivity contribution in [3.05, 3.63) is 24.3 Å². The van der Waals surface area contributed by atoms with E-state index in [0.29, 0.717) is 17.8 Å².